The number of carbonyl (C=O) groups excluding carboxylic acids is 3. The largest absolute Gasteiger partial charge is 0.448 e. The molecule has 1 N–H and O–H groups in total. The maximum absolute atomic E-state index is 12.5. The molecule has 2 aliphatic rings. The van der Waals surface area contributed by atoms with Crippen LogP contribution in [0.5, 0.6) is 0 Å². The van der Waals surface area contributed by atoms with Gasteiger partial charge in [-0.2, -0.15) is 0 Å². The number of nitrogens with zero attached hydrogens (tertiary/aromatic N) is 3. The molecular weight excluding hydrogens is 480 g/mol. The Morgan fingerprint density at radius 2 is 2.18 bits per heavy atom. The maximum atomic E-state index is 12.5. The first-order chi connectivity index (χ1) is 16.4. The predicted molar refractivity (Wildman–Crippen MR) is 128 cm³/mol. The number of thiophene rings is 1. The maximum Gasteiger partial charge on any atom is 0.410 e. The Bertz CT molecular complexity index is 1070. The number of hydrogen-bond acceptors (Lipinski definition) is 7. The van der Waals surface area contributed by atoms with Crippen LogP contribution in [0.25, 0.3) is 6.08 Å². The Hall–Kier alpha value is -2.95. The molecule has 1 atom stereocenters. The van der Waals surface area contributed by atoms with Gasteiger partial charge >= 0.3 is 6.09 Å². The molecule has 1 fully saturated rings. The molecule has 9 nitrogen and oxygen atoms in total. The van der Waals surface area contributed by atoms with Gasteiger partial charge in [-0.15, -0.1) is 22.9 Å². The van der Waals surface area contributed by atoms with E-state index in [0.717, 1.165) is 4.88 Å². The summed E-state index contributed by atoms with van der Waals surface area (Å²) >= 11 is 7.48. The molecule has 3 amide bonds. The Labute approximate surface area is 206 Å². The normalized spacial score (nSPS) is 17.1. The van der Waals surface area contributed by atoms with Crippen molar-refractivity contribution in [3.05, 3.63) is 51.9 Å². The minimum atomic E-state index is -0.625. The molecule has 4 heterocycles. The van der Waals surface area contributed by atoms with Crippen LogP contribution in [-0.2, 0) is 32.2 Å². The van der Waals surface area contributed by atoms with E-state index < -0.39 is 6.09 Å². The van der Waals surface area contributed by atoms with Crippen molar-refractivity contribution in [3.8, 4) is 0 Å². The summed E-state index contributed by atoms with van der Waals surface area (Å²) in [5.41, 5.74) is 1.32. The quantitative estimate of drug-likeness (QED) is 0.459. The monoisotopic (exact) mass is 504 g/mol. The van der Waals surface area contributed by atoms with E-state index in [1.54, 1.807) is 41.5 Å². The fraction of sp³-hybridized carbons (Fsp3) is 0.391. The van der Waals surface area contributed by atoms with Crippen molar-refractivity contribution in [2.45, 2.75) is 31.6 Å². The number of anilines is 1. The average molecular weight is 505 g/mol. The molecule has 0 spiro atoms. The van der Waals surface area contributed by atoms with Crippen molar-refractivity contribution in [2.75, 3.05) is 31.6 Å². The number of ether oxygens (including phenoxy) is 2. The van der Waals surface area contributed by atoms with Crippen LogP contribution in [0.4, 0.5) is 10.6 Å². The highest BCUT2D eigenvalue weighted by Crippen LogP contribution is 2.22. The number of likely N-dealkylation sites (tertiary alicyclic amines) is 1. The van der Waals surface area contributed by atoms with Crippen molar-refractivity contribution in [1.29, 1.82) is 0 Å². The second-order valence-corrected chi connectivity index (χ2v) is 9.90. The smallest absolute Gasteiger partial charge is 0.410 e. The summed E-state index contributed by atoms with van der Waals surface area (Å²) in [5, 5.41) is 4.37. The summed E-state index contributed by atoms with van der Waals surface area (Å²) in [6.45, 7) is 3.42. The summed E-state index contributed by atoms with van der Waals surface area (Å²) in [6.07, 6.45) is 4.14. The van der Waals surface area contributed by atoms with Crippen molar-refractivity contribution in [3.63, 3.8) is 0 Å². The Morgan fingerprint density at radius 3 is 2.91 bits per heavy atom. The van der Waals surface area contributed by atoms with Crippen LogP contribution in [-0.4, -0.2) is 70.4 Å². The van der Waals surface area contributed by atoms with Gasteiger partial charge in [-0.05, 0) is 36.1 Å². The molecule has 180 valence electrons. The van der Waals surface area contributed by atoms with Gasteiger partial charge in [-0.25, -0.2) is 9.78 Å². The summed E-state index contributed by atoms with van der Waals surface area (Å²) in [6, 6.07) is 5.80. The van der Waals surface area contributed by atoms with Gasteiger partial charge < -0.3 is 19.7 Å². The number of rotatable bonds is 7. The zero-order valence-electron chi connectivity index (χ0n) is 18.6. The van der Waals surface area contributed by atoms with E-state index in [2.05, 4.69) is 10.3 Å². The molecule has 0 saturated carbocycles. The molecule has 2 aromatic heterocycles. The molecule has 0 aliphatic carbocycles. The Kier molecular flexibility index (Phi) is 7.81. The van der Waals surface area contributed by atoms with Crippen molar-refractivity contribution in [2.24, 2.45) is 0 Å². The zero-order valence-corrected chi connectivity index (χ0v) is 20.2. The second-order valence-electron chi connectivity index (χ2n) is 8.13. The topological polar surface area (TPSA) is 101 Å². The minimum absolute atomic E-state index is 0.0461. The van der Waals surface area contributed by atoms with E-state index in [-0.39, 0.29) is 43.0 Å². The van der Waals surface area contributed by atoms with Gasteiger partial charge in [-0.1, -0.05) is 6.07 Å². The molecule has 1 unspecified atom stereocenters. The van der Waals surface area contributed by atoms with E-state index in [4.69, 9.17) is 21.1 Å². The van der Waals surface area contributed by atoms with Gasteiger partial charge in [0.2, 0.25) is 11.8 Å². The van der Waals surface area contributed by atoms with Gasteiger partial charge in [0.15, 0.2) is 0 Å². The lowest BCUT2D eigenvalue weighted by Gasteiger charge is -2.38. The fourth-order valence-corrected chi connectivity index (χ4v) is 4.15. The molecule has 0 aromatic carbocycles. The van der Waals surface area contributed by atoms with Gasteiger partial charge in [0, 0.05) is 35.8 Å². The van der Waals surface area contributed by atoms with Crippen LogP contribution < -0.4 is 5.32 Å². The SMILES string of the molecule is CC(Cl)COC(=O)N1CC(=O)Nc2ncc(C=CC(=O)N3CC(OCc4cccs4)C3)cc2C1. The molecule has 0 radical (unpaired) electrons. The van der Waals surface area contributed by atoms with Gasteiger partial charge in [0.05, 0.1) is 24.6 Å². The number of halogens is 1. The van der Waals surface area contributed by atoms with Crippen LogP contribution in [0.1, 0.15) is 22.9 Å². The highest BCUT2D eigenvalue weighted by Gasteiger charge is 2.30. The standard InChI is InChI=1S/C23H25ClN4O5S/c1-15(24)13-33-23(31)28-9-17-7-16(8-25-22(17)26-20(29)12-28)4-5-21(30)27-10-18(11-27)32-14-19-3-2-6-34-19/h2-8,15,18H,9-14H2,1H3,(H,25,26,29). The third-order valence-electron chi connectivity index (χ3n) is 5.26. The van der Waals surface area contributed by atoms with E-state index >= 15 is 0 Å². The Morgan fingerprint density at radius 1 is 1.35 bits per heavy atom. The zero-order chi connectivity index (χ0) is 24.1. The second kappa shape index (κ2) is 11.0. The number of carbonyl (C=O) groups is 3. The van der Waals surface area contributed by atoms with Gasteiger partial charge in [0.1, 0.15) is 19.0 Å². The van der Waals surface area contributed by atoms with Crippen molar-refractivity contribution < 1.29 is 23.9 Å². The minimum Gasteiger partial charge on any atom is -0.448 e. The predicted octanol–water partition coefficient (Wildman–Crippen LogP) is 3.10. The lowest BCUT2D eigenvalue weighted by atomic mass is 10.1. The van der Waals surface area contributed by atoms with Crippen LogP contribution in [0.2, 0.25) is 0 Å². The average Bonchev–Trinajstić information content (AvgIpc) is 3.23. The molecule has 4 rings (SSSR count). The van der Waals surface area contributed by atoms with Crippen molar-refractivity contribution >= 4 is 52.7 Å². The molecule has 0 bridgehead atoms. The third-order valence-corrected chi connectivity index (χ3v) is 6.23. The number of amides is 3. The number of nitrogens with one attached hydrogen (secondary N) is 1. The molecule has 2 aromatic rings. The van der Waals surface area contributed by atoms with Crippen LogP contribution in [0.15, 0.2) is 35.9 Å². The number of aromatic nitrogens is 1. The van der Waals surface area contributed by atoms with Crippen LogP contribution >= 0.6 is 22.9 Å². The Balaban J connectivity index is 1.32. The molecular formula is C23H25ClN4O5S. The first-order valence-electron chi connectivity index (χ1n) is 10.8. The highest BCUT2D eigenvalue weighted by molar-refractivity contribution is 7.09. The third kappa shape index (κ3) is 6.34. The summed E-state index contributed by atoms with van der Waals surface area (Å²) in [7, 11) is 0. The van der Waals surface area contributed by atoms with Crippen LogP contribution in [0, 0.1) is 0 Å². The number of pyridine rings is 1. The molecule has 11 heteroatoms. The fourth-order valence-electron chi connectivity index (χ4n) is 3.46. The first kappa shape index (κ1) is 24.2. The lowest BCUT2D eigenvalue weighted by Crippen LogP contribution is -2.54. The number of alkyl halides is 1. The summed E-state index contributed by atoms with van der Waals surface area (Å²) in [4.78, 5) is 45.4. The van der Waals surface area contributed by atoms with Crippen molar-refractivity contribution in [1.82, 2.24) is 14.8 Å². The van der Waals surface area contributed by atoms with Gasteiger partial charge in [-0.3, -0.25) is 14.5 Å². The van der Waals surface area contributed by atoms with Gasteiger partial charge in [0.25, 0.3) is 0 Å². The van der Waals surface area contributed by atoms with E-state index in [1.165, 1.54) is 11.0 Å². The molecule has 2 aliphatic heterocycles. The summed E-state index contributed by atoms with van der Waals surface area (Å²) in [5.74, 6) is -0.100. The van der Waals surface area contributed by atoms with E-state index in [1.807, 2.05) is 17.5 Å². The number of hydrogen-bond donors (Lipinski definition) is 1. The number of fused-ring (bicyclic) bond motifs is 1. The molecule has 34 heavy (non-hydrogen) atoms. The first-order valence-corrected chi connectivity index (χ1v) is 12.1. The van der Waals surface area contributed by atoms with E-state index in [9.17, 15) is 14.4 Å². The molecule has 1 saturated heterocycles. The summed E-state index contributed by atoms with van der Waals surface area (Å²) < 4.78 is 11.0. The van der Waals surface area contributed by atoms with E-state index in [0.29, 0.717) is 36.6 Å². The highest BCUT2D eigenvalue weighted by atomic mass is 35.5. The lowest BCUT2D eigenvalue weighted by molar-refractivity contribution is -0.140. The van der Waals surface area contributed by atoms with Crippen LogP contribution in [0.3, 0.4) is 0 Å².